The Bertz CT molecular complexity index is 399. The molecule has 0 unspecified atom stereocenters. The quantitative estimate of drug-likeness (QED) is 0.739. The van der Waals surface area contributed by atoms with Crippen LogP contribution in [0.4, 0.5) is 0 Å². The molecule has 1 aromatic rings. The van der Waals surface area contributed by atoms with E-state index in [1.165, 1.54) is 49.9 Å². The van der Waals surface area contributed by atoms with Crippen molar-refractivity contribution in [3.63, 3.8) is 0 Å². The van der Waals surface area contributed by atoms with Gasteiger partial charge in [-0.1, -0.05) is 39.2 Å². The number of nitrogens with one attached hydrogen (secondary N) is 1. The molecule has 1 aliphatic carbocycles. The minimum atomic E-state index is 0.771. The average Bonchev–Trinajstić information content (AvgIpc) is 2.54. The van der Waals surface area contributed by atoms with Gasteiger partial charge in [0.15, 0.2) is 0 Å². The van der Waals surface area contributed by atoms with Crippen molar-refractivity contribution in [3.05, 3.63) is 29.6 Å². The van der Waals surface area contributed by atoms with Gasteiger partial charge in [0, 0.05) is 19.1 Å². The van der Waals surface area contributed by atoms with Crippen LogP contribution in [0.1, 0.15) is 63.8 Å². The first-order valence-electron chi connectivity index (χ1n) is 8.73. The number of rotatable bonds is 8. The number of pyridine rings is 1. The molecule has 3 heteroatoms. The Morgan fingerprint density at radius 1 is 1.14 bits per heavy atom. The molecule has 3 nitrogen and oxygen atoms in total. The summed E-state index contributed by atoms with van der Waals surface area (Å²) in [4.78, 5) is 7.44. The molecule has 1 saturated carbocycles. The molecule has 0 spiro atoms. The van der Waals surface area contributed by atoms with Crippen molar-refractivity contribution in [2.75, 3.05) is 13.1 Å². The second-order valence-corrected chi connectivity index (χ2v) is 6.15. The minimum Gasteiger partial charge on any atom is -0.311 e. The Hall–Kier alpha value is -0.930. The van der Waals surface area contributed by atoms with Crippen molar-refractivity contribution in [2.24, 2.45) is 0 Å². The highest BCUT2D eigenvalue weighted by atomic mass is 15.2. The van der Waals surface area contributed by atoms with Crippen LogP contribution >= 0.6 is 0 Å². The van der Waals surface area contributed by atoms with E-state index in [0.29, 0.717) is 0 Å². The first-order chi connectivity index (χ1) is 10.3. The second kappa shape index (κ2) is 9.16. The van der Waals surface area contributed by atoms with Crippen molar-refractivity contribution >= 4 is 0 Å². The van der Waals surface area contributed by atoms with Gasteiger partial charge in [0.1, 0.15) is 0 Å². The molecule has 0 atom stereocenters. The molecule has 1 fully saturated rings. The van der Waals surface area contributed by atoms with Crippen LogP contribution in [0.5, 0.6) is 0 Å². The lowest BCUT2D eigenvalue weighted by Gasteiger charge is -2.33. The molecule has 1 N–H and O–H groups in total. The van der Waals surface area contributed by atoms with Crippen molar-refractivity contribution in [1.82, 2.24) is 15.2 Å². The normalized spacial score (nSPS) is 16.5. The maximum atomic E-state index is 4.82. The summed E-state index contributed by atoms with van der Waals surface area (Å²) in [6, 6.07) is 7.23. The Labute approximate surface area is 130 Å². The molecular weight excluding hydrogens is 258 g/mol. The van der Waals surface area contributed by atoms with Crippen LogP contribution in [-0.4, -0.2) is 29.0 Å². The summed E-state index contributed by atoms with van der Waals surface area (Å²) in [5.41, 5.74) is 2.39. The van der Waals surface area contributed by atoms with Crippen molar-refractivity contribution in [2.45, 2.75) is 71.5 Å². The first kappa shape index (κ1) is 16.4. The maximum Gasteiger partial charge on any atom is 0.0547 e. The summed E-state index contributed by atoms with van der Waals surface area (Å²) in [5.74, 6) is 0. The zero-order valence-electron chi connectivity index (χ0n) is 13.8. The van der Waals surface area contributed by atoms with Gasteiger partial charge in [0.25, 0.3) is 0 Å². The van der Waals surface area contributed by atoms with E-state index >= 15 is 0 Å². The summed E-state index contributed by atoms with van der Waals surface area (Å²) >= 11 is 0. The largest absolute Gasteiger partial charge is 0.311 e. The smallest absolute Gasteiger partial charge is 0.0547 e. The van der Waals surface area contributed by atoms with Gasteiger partial charge in [-0.15, -0.1) is 0 Å². The average molecular weight is 289 g/mol. The predicted octanol–water partition coefficient (Wildman–Crippen LogP) is 3.74. The summed E-state index contributed by atoms with van der Waals surface area (Å²) in [6.07, 6.45) is 8.12. The van der Waals surface area contributed by atoms with Gasteiger partial charge in [-0.25, -0.2) is 0 Å². The van der Waals surface area contributed by atoms with Crippen LogP contribution in [0.2, 0.25) is 0 Å². The highest BCUT2D eigenvalue weighted by Crippen LogP contribution is 2.23. The molecule has 0 bridgehead atoms. The van der Waals surface area contributed by atoms with Crippen LogP contribution in [0.3, 0.4) is 0 Å². The second-order valence-electron chi connectivity index (χ2n) is 6.15. The third-order valence-corrected chi connectivity index (χ3v) is 4.46. The van der Waals surface area contributed by atoms with E-state index in [4.69, 9.17) is 4.98 Å². The monoisotopic (exact) mass is 289 g/mol. The van der Waals surface area contributed by atoms with Crippen molar-refractivity contribution in [3.8, 4) is 0 Å². The van der Waals surface area contributed by atoms with Gasteiger partial charge in [-0.05, 0) is 44.5 Å². The zero-order valence-corrected chi connectivity index (χ0v) is 13.8. The fourth-order valence-electron chi connectivity index (χ4n) is 3.26. The topological polar surface area (TPSA) is 28.2 Å². The SMILES string of the molecule is CCCNCc1cccc(CN(CC)C2CCCCC2)n1. The standard InChI is InChI=1S/C18H31N3/c1-3-13-19-14-16-9-8-10-17(20-16)15-21(4-2)18-11-6-5-7-12-18/h8-10,18-19H,3-7,11-15H2,1-2H3. The van der Waals surface area contributed by atoms with Crippen LogP contribution in [0.25, 0.3) is 0 Å². The summed E-state index contributed by atoms with van der Waals surface area (Å²) in [5, 5.41) is 3.43. The van der Waals surface area contributed by atoms with Crippen LogP contribution in [0, 0.1) is 0 Å². The maximum absolute atomic E-state index is 4.82. The predicted molar refractivity (Wildman–Crippen MR) is 89.2 cm³/mol. The molecular formula is C18H31N3. The number of nitrogens with zero attached hydrogens (tertiary/aromatic N) is 2. The molecule has 0 radical (unpaired) electrons. The molecule has 0 aliphatic heterocycles. The molecule has 2 rings (SSSR count). The van der Waals surface area contributed by atoms with Gasteiger partial charge in [-0.3, -0.25) is 9.88 Å². The number of hydrogen-bond donors (Lipinski definition) is 1. The van der Waals surface area contributed by atoms with Gasteiger partial charge in [0.2, 0.25) is 0 Å². The molecule has 118 valence electrons. The van der Waals surface area contributed by atoms with E-state index in [2.05, 4.69) is 42.3 Å². The molecule has 21 heavy (non-hydrogen) atoms. The number of hydrogen-bond acceptors (Lipinski definition) is 3. The van der Waals surface area contributed by atoms with Gasteiger partial charge >= 0.3 is 0 Å². The lowest BCUT2D eigenvalue weighted by molar-refractivity contribution is 0.154. The van der Waals surface area contributed by atoms with Gasteiger partial charge in [-0.2, -0.15) is 0 Å². The fraction of sp³-hybridized carbons (Fsp3) is 0.722. The van der Waals surface area contributed by atoms with E-state index in [1.807, 2.05) is 0 Å². The van der Waals surface area contributed by atoms with E-state index in [0.717, 1.165) is 32.2 Å². The molecule has 1 aromatic heterocycles. The highest BCUT2D eigenvalue weighted by Gasteiger charge is 2.20. The van der Waals surface area contributed by atoms with Crippen LogP contribution < -0.4 is 5.32 Å². The van der Waals surface area contributed by atoms with E-state index in [1.54, 1.807) is 0 Å². The summed E-state index contributed by atoms with van der Waals surface area (Å²) in [7, 11) is 0. The molecule has 0 saturated heterocycles. The van der Waals surface area contributed by atoms with E-state index in [9.17, 15) is 0 Å². The van der Waals surface area contributed by atoms with Gasteiger partial charge < -0.3 is 5.32 Å². The van der Waals surface area contributed by atoms with E-state index < -0.39 is 0 Å². The van der Waals surface area contributed by atoms with Crippen LogP contribution in [0.15, 0.2) is 18.2 Å². The Balaban J connectivity index is 1.91. The zero-order chi connectivity index (χ0) is 14.9. The molecule has 0 amide bonds. The molecule has 1 aliphatic rings. The van der Waals surface area contributed by atoms with Crippen molar-refractivity contribution in [1.29, 1.82) is 0 Å². The molecule has 0 aromatic carbocycles. The Kier molecular flexibility index (Phi) is 7.17. The van der Waals surface area contributed by atoms with Gasteiger partial charge in [0.05, 0.1) is 11.4 Å². The van der Waals surface area contributed by atoms with E-state index in [-0.39, 0.29) is 0 Å². The Morgan fingerprint density at radius 2 is 1.90 bits per heavy atom. The third-order valence-electron chi connectivity index (χ3n) is 4.46. The first-order valence-corrected chi connectivity index (χ1v) is 8.73. The number of aromatic nitrogens is 1. The summed E-state index contributed by atoms with van der Waals surface area (Å²) < 4.78 is 0. The third kappa shape index (κ3) is 5.40. The summed E-state index contributed by atoms with van der Waals surface area (Å²) in [6.45, 7) is 8.56. The van der Waals surface area contributed by atoms with Crippen LogP contribution in [-0.2, 0) is 13.1 Å². The minimum absolute atomic E-state index is 0.771. The Morgan fingerprint density at radius 3 is 2.62 bits per heavy atom. The lowest BCUT2D eigenvalue weighted by atomic mass is 9.94. The lowest BCUT2D eigenvalue weighted by Crippen LogP contribution is -2.36. The van der Waals surface area contributed by atoms with Crippen molar-refractivity contribution < 1.29 is 0 Å². The highest BCUT2D eigenvalue weighted by molar-refractivity contribution is 5.11. The molecule has 1 heterocycles. The fourth-order valence-corrected chi connectivity index (χ4v) is 3.26.